The predicted octanol–water partition coefficient (Wildman–Crippen LogP) is 2.00. The van der Waals surface area contributed by atoms with Crippen LogP contribution in [0.4, 0.5) is 0 Å². The third-order valence-electron chi connectivity index (χ3n) is 1.57. The van der Waals surface area contributed by atoms with Crippen molar-refractivity contribution in [2.75, 3.05) is 6.26 Å². The van der Waals surface area contributed by atoms with Crippen molar-refractivity contribution in [1.82, 2.24) is 0 Å². The summed E-state index contributed by atoms with van der Waals surface area (Å²) in [4.78, 5) is 0. The van der Waals surface area contributed by atoms with E-state index in [2.05, 4.69) is 11.2 Å². The molecule has 0 amide bonds. The van der Waals surface area contributed by atoms with Crippen LogP contribution in [0.2, 0.25) is 5.02 Å². The normalized spacial score (nSPS) is 10.5. The molecule has 1 aromatic rings. The van der Waals surface area contributed by atoms with E-state index in [1.807, 2.05) is 6.92 Å². The molecule has 0 aliphatic carbocycles. The number of hydrogen-bond acceptors (Lipinski definition) is 2. The highest BCUT2D eigenvalue weighted by atomic mass is 35.5. The summed E-state index contributed by atoms with van der Waals surface area (Å²) in [5, 5.41) is 2.72. The lowest BCUT2D eigenvalue weighted by Crippen LogP contribution is -1.90. The van der Waals surface area contributed by atoms with Gasteiger partial charge in [-0.25, -0.2) is 8.42 Å². The summed E-state index contributed by atoms with van der Waals surface area (Å²) in [7, 11) is -3.26. The van der Waals surface area contributed by atoms with Crippen LogP contribution in [0.15, 0.2) is 18.2 Å². The van der Waals surface area contributed by atoms with Crippen molar-refractivity contribution >= 4 is 21.4 Å². The van der Waals surface area contributed by atoms with Gasteiger partial charge in [-0.2, -0.15) is 0 Å². The van der Waals surface area contributed by atoms with Crippen molar-refractivity contribution in [2.24, 2.45) is 0 Å². The van der Waals surface area contributed by atoms with Crippen molar-refractivity contribution in [3.63, 3.8) is 0 Å². The molecule has 0 saturated heterocycles. The number of aryl methyl sites for hydroxylation is 1. The van der Waals surface area contributed by atoms with Gasteiger partial charge in [0.1, 0.15) is 0 Å². The van der Waals surface area contributed by atoms with E-state index in [4.69, 9.17) is 11.6 Å². The van der Waals surface area contributed by atoms with Crippen molar-refractivity contribution in [3.8, 4) is 11.2 Å². The first-order valence-corrected chi connectivity index (χ1v) is 6.14. The van der Waals surface area contributed by atoms with Gasteiger partial charge in [-0.3, -0.25) is 0 Å². The number of sulfone groups is 1. The molecule has 0 atom stereocenters. The van der Waals surface area contributed by atoms with E-state index < -0.39 is 9.84 Å². The minimum absolute atomic E-state index is 0.549. The third kappa shape index (κ3) is 3.41. The van der Waals surface area contributed by atoms with E-state index in [1.54, 1.807) is 18.2 Å². The largest absolute Gasteiger partial charge is 0.216 e. The summed E-state index contributed by atoms with van der Waals surface area (Å²) in [6.07, 6.45) is 1.07. The second-order valence-electron chi connectivity index (χ2n) is 2.96. The van der Waals surface area contributed by atoms with Gasteiger partial charge >= 0.3 is 0 Å². The highest BCUT2D eigenvalue weighted by molar-refractivity contribution is 7.95. The molecular formula is C10H9ClO2S. The standard InChI is InChI=1S/C10H9ClO2S/c1-8-3-4-10(11)7-9(8)5-6-14(2,12)13/h3-4,7H,1-2H3. The summed E-state index contributed by atoms with van der Waals surface area (Å²) < 4.78 is 21.6. The van der Waals surface area contributed by atoms with Gasteiger partial charge in [0.15, 0.2) is 0 Å². The van der Waals surface area contributed by atoms with Gasteiger partial charge in [0.25, 0.3) is 0 Å². The lowest BCUT2D eigenvalue weighted by atomic mass is 10.1. The molecule has 0 aliphatic rings. The summed E-state index contributed by atoms with van der Waals surface area (Å²) in [6.45, 7) is 1.85. The number of benzene rings is 1. The first kappa shape index (κ1) is 11.1. The van der Waals surface area contributed by atoms with E-state index in [0.717, 1.165) is 11.8 Å². The van der Waals surface area contributed by atoms with Crippen molar-refractivity contribution in [2.45, 2.75) is 6.92 Å². The number of halogens is 1. The Labute approximate surface area is 88.8 Å². The fourth-order valence-electron chi connectivity index (χ4n) is 0.877. The Bertz CT molecular complexity index is 507. The topological polar surface area (TPSA) is 34.1 Å². The molecule has 74 valence electrons. The molecule has 0 aromatic heterocycles. The van der Waals surface area contributed by atoms with Crippen LogP contribution in [0.1, 0.15) is 11.1 Å². The second-order valence-corrected chi connectivity index (χ2v) is 5.14. The SMILES string of the molecule is Cc1ccc(Cl)cc1C#CS(C)(=O)=O. The molecule has 0 heterocycles. The van der Waals surface area contributed by atoms with Crippen LogP contribution in [-0.2, 0) is 9.84 Å². The van der Waals surface area contributed by atoms with Crippen LogP contribution in [-0.4, -0.2) is 14.7 Å². The highest BCUT2D eigenvalue weighted by Crippen LogP contribution is 2.14. The number of rotatable bonds is 0. The zero-order chi connectivity index (χ0) is 10.8. The summed E-state index contributed by atoms with van der Waals surface area (Å²) in [6, 6.07) is 5.19. The van der Waals surface area contributed by atoms with E-state index >= 15 is 0 Å². The maximum absolute atomic E-state index is 10.8. The molecule has 0 spiro atoms. The molecule has 0 N–H and O–H groups in total. The average Bonchev–Trinajstić information content (AvgIpc) is 2.05. The fraction of sp³-hybridized carbons (Fsp3) is 0.200. The number of hydrogen-bond donors (Lipinski definition) is 0. The maximum Gasteiger partial charge on any atom is 0.214 e. The first-order valence-electron chi connectivity index (χ1n) is 3.87. The van der Waals surface area contributed by atoms with Crippen LogP contribution in [0.3, 0.4) is 0 Å². The van der Waals surface area contributed by atoms with Gasteiger partial charge in [0, 0.05) is 15.8 Å². The molecule has 0 fully saturated rings. The van der Waals surface area contributed by atoms with Gasteiger partial charge in [0.2, 0.25) is 9.84 Å². The zero-order valence-corrected chi connectivity index (χ0v) is 9.41. The van der Waals surface area contributed by atoms with Crippen LogP contribution in [0.25, 0.3) is 0 Å². The van der Waals surface area contributed by atoms with Crippen LogP contribution in [0.5, 0.6) is 0 Å². The first-order chi connectivity index (χ1) is 6.38. The minimum atomic E-state index is -3.26. The lowest BCUT2D eigenvalue weighted by molar-refractivity contribution is 0.611. The minimum Gasteiger partial charge on any atom is -0.216 e. The average molecular weight is 229 g/mol. The molecule has 0 bridgehead atoms. The zero-order valence-electron chi connectivity index (χ0n) is 7.83. The molecule has 1 rings (SSSR count). The quantitative estimate of drug-likeness (QED) is 0.637. The lowest BCUT2D eigenvalue weighted by Gasteiger charge is -1.97. The highest BCUT2D eigenvalue weighted by Gasteiger charge is 1.97. The van der Waals surface area contributed by atoms with Crippen LogP contribution in [0, 0.1) is 18.1 Å². The van der Waals surface area contributed by atoms with Gasteiger partial charge in [-0.1, -0.05) is 17.7 Å². The van der Waals surface area contributed by atoms with E-state index in [9.17, 15) is 8.42 Å². The Morgan fingerprint density at radius 2 is 2.00 bits per heavy atom. The van der Waals surface area contributed by atoms with E-state index in [-0.39, 0.29) is 0 Å². The molecule has 0 radical (unpaired) electrons. The summed E-state index contributed by atoms with van der Waals surface area (Å²) in [5.41, 5.74) is 1.55. The van der Waals surface area contributed by atoms with Crippen molar-refractivity contribution in [1.29, 1.82) is 0 Å². The summed E-state index contributed by atoms with van der Waals surface area (Å²) in [5.74, 6) is 2.57. The Kier molecular flexibility index (Phi) is 3.20. The second kappa shape index (κ2) is 4.04. The van der Waals surface area contributed by atoms with Gasteiger partial charge in [-0.05, 0) is 30.5 Å². The molecule has 4 heteroatoms. The van der Waals surface area contributed by atoms with Gasteiger partial charge < -0.3 is 0 Å². The Morgan fingerprint density at radius 1 is 1.36 bits per heavy atom. The molecule has 14 heavy (non-hydrogen) atoms. The Morgan fingerprint density at radius 3 is 2.57 bits per heavy atom. The Hall–Kier alpha value is -0.980. The van der Waals surface area contributed by atoms with Crippen molar-refractivity contribution < 1.29 is 8.42 Å². The van der Waals surface area contributed by atoms with Crippen LogP contribution < -0.4 is 0 Å². The molecule has 2 nitrogen and oxygen atoms in total. The Balaban J connectivity index is 3.19. The smallest absolute Gasteiger partial charge is 0.214 e. The molecule has 0 unspecified atom stereocenters. The van der Waals surface area contributed by atoms with E-state index in [0.29, 0.717) is 10.6 Å². The monoisotopic (exact) mass is 228 g/mol. The van der Waals surface area contributed by atoms with Gasteiger partial charge in [0.05, 0.1) is 6.26 Å². The molecule has 0 saturated carbocycles. The third-order valence-corrected chi connectivity index (χ3v) is 2.28. The molecule has 0 aliphatic heterocycles. The fourth-order valence-corrected chi connectivity index (χ4v) is 1.34. The van der Waals surface area contributed by atoms with Crippen molar-refractivity contribution in [3.05, 3.63) is 34.3 Å². The van der Waals surface area contributed by atoms with Gasteiger partial charge in [-0.15, -0.1) is 0 Å². The summed E-state index contributed by atoms with van der Waals surface area (Å²) >= 11 is 5.75. The van der Waals surface area contributed by atoms with Crippen LogP contribution >= 0.6 is 11.6 Å². The predicted molar refractivity (Wildman–Crippen MR) is 57.9 cm³/mol. The van der Waals surface area contributed by atoms with E-state index in [1.165, 1.54) is 0 Å². The maximum atomic E-state index is 10.8. The molecular weight excluding hydrogens is 220 g/mol. The molecule has 1 aromatic carbocycles.